The largest absolute Gasteiger partial charge is 0.356 e. The van der Waals surface area contributed by atoms with Crippen LogP contribution in [-0.2, 0) is 14.8 Å². The van der Waals surface area contributed by atoms with Crippen LogP contribution in [0.2, 0.25) is 0 Å². The molecule has 0 unspecified atom stereocenters. The number of nitrogens with one attached hydrogen (secondary N) is 3. The van der Waals surface area contributed by atoms with Crippen LogP contribution in [0.3, 0.4) is 0 Å². The number of hydrogen-bond donors (Lipinski definition) is 3. The number of carbonyl (C=O) groups excluding carboxylic acids is 2. The first-order valence-corrected chi connectivity index (χ1v) is 12.2. The van der Waals surface area contributed by atoms with E-state index in [9.17, 15) is 18.0 Å². The van der Waals surface area contributed by atoms with Crippen molar-refractivity contribution in [1.29, 1.82) is 0 Å². The van der Waals surface area contributed by atoms with Crippen molar-refractivity contribution < 1.29 is 18.0 Å². The van der Waals surface area contributed by atoms with Gasteiger partial charge in [0.1, 0.15) is 10.6 Å². The topological polar surface area (TPSA) is 111 Å². The molecular formula is C20H26N4O4S2. The third kappa shape index (κ3) is 5.24. The molecule has 1 aromatic heterocycles. The van der Waals surface area contributed by atoms with Crippen LogP contribution in [0.4, 0.5) is 11.4 Å². The van der Waals surface area contributed by atoms with E-state index < -0.39 is 21.3 Å². The second-order valence-electron chi connectivity index (χ2n) is 8.00. The Kier molecular flexibility index (Phi) is 6.59. The second kappa shape index (κ2) is 8.83. The van der Waals surface area contributed by atoms with Crippen molar-refractivity contribution in [3.05, 3.63) is 42.2 Å². The SMILES string of the molecule is CC(C)(C)C(=O)Nc1cccc(NC(=O)c2cc(S(=O)(=O)N3CCSCC3)c[nH]2)c1. The summed E-state index contributed by atoms with van der Waals surface area (Å²) in [4.78, 5) is 27.6. The molecule has 2 heterocycles. The number of aromatic amines is 1. The van der Waals surface area contributed by atoms with Crippen LogP contribution in [0.25, 0.3) is 0 Å². The minimum atomic E-state index is -3.62. The number of aromatic nitrogens is 1. The third-order valence-corrected chi connectivity index (χ3v) is 7.39. The molecule has 0 atom stereocenters. The van der Waals surface area contributed by atoms with Gasteiger partial charge in [-0.3, -0.25) is 9.59 Å². The Labute approximate surface area is 180 Å². The molecule has 8 nitrogen and oxygen atoms in total. The van der Waals surface area contributed by atoms with Crippen molar-refractivity contribution in [2.24, 2.45) is 5.41 Å². The molecule has 3 rings (SSSR count). The predicted molar refractivity (Wildman–Crippen MR) is 119 cm³/mol. The molecule has 0 saturated carbocycles. The maximum Gasteiger partial charge on any atom is 0.272 e. The van der Waals surface area contributed by atoms with Gasteiger partial charge in [0.2, 0.25) is 15.9 Å². The molecule has 30 heavy (non-hydrogen) atoms. The van der Waals surface area contributed by atoms with Gasteiger partial charge in [-0.05, 0) is 24.3 Å². The second-order valence-corrected chi connectivity index (χ2v) is 11.2. The molecule has 0 bridgehead atoms. The number of sulfonamides is 1. The Bertz CT molecular complexity index is 1040. The van der Waals surface area contributed by atoms with Gasteiger partial charge in [-0.15, -0.1) is 0 Å². The van der Waals surface area contributed by atoms with E-state index >= 15 is 0 Å². The van der Waals surface area contributed by atoms with Crippen molar-refractivity contribution in [2.45, 2.75) is 25.7 Å². The lowest BCUT2D eigenvalue weighted by Crippen LogP contribution is -2.37. The van der Waals surface area contributed by atoms with Crippen molar-refractivity contribution in [3.8, 4) is 0 Å². The van der Waals surface area contributed by atoms with Gasteiger partial charge in [0.05, 0.1) is 0 Å². The van der Waals surface area contributed by atoms with Crippen LogP contribution < -0.4 is 10.6 Å². The minimum absolute atomic E-state index is 0.0748. The fourth-order valence-corrected chi connectivity index (χ4v) is 5.35. The fraction of sp³-hybridized carbons (Fsp3) is 0.400. The Morgan fingerprint density at radius 3 is 2.33 bits per heavy atom. The summed E-state index contributed by atoms with van der Waals surface area (Å²) in [6, 6.07) is 8.13. The van der Waals surface area contributed by atoms with Crippen LogP contribution in [0.1, 0.15) is 31.3 Å². The summed E-state index contributed by atoms with van der Waals surface area (Å²) in [5.74, 6) is 0.921. The molecule has 1 saturated heterocycles. The summed E-state index contributed by atoms with van der Waals surface area (Å²) < 4.78 is 26.9. The summed E-state index contributed by atoms with van der Waals surface area (Å²) in [5.41, 5.74) is 0.645. The monoisotopic (exact) mass is 450 g/mol. The Hall–Kier alpha value is -2.30. The first kappa shape index (κ1) is 22.4. The van der Waals surface area contributed by atoms with E-state index in [-0.39, 0.29) is 16.5 Å². The quantitative estimate of drug-likeness (QED) is 0.648. The standard InChI is InChI=1S/C20H26N4O4S2/c1-20(2,3)19(26)23-15-6-4-5-14(11-15)22-18(25)17-12-16(13-21-17)30(27,28)24-7-9-29-10-8-24/h4-6,11-13,21H,7-10H2,1-3H3,(H,22,25)(H,23,26). The number of amides is 2. The van der Waals surface area contributed by atoms with E-state index in [1.54, 1.807) is 36.0 Å². The molecule has 10 heteroatoms. The maximum atomic E-state index is 12.7. The predicted octanol–water partition coefficient (Wildman–Crippen LogP) is 2.99. The first-order chi connectivity index (χ1) is 14.1. The molecule has 1 fully saturated rings. The number of thioether (sulfide) groups is 1. The average molecular weight is 451 g/mol. The number of anilines is 2. The summed E-state index contributed by atoms with van der Waals surface area (Å²) >= 11 is 1.72. The molecular weight excluding hydrogens is 424 g/mol. The lowest BCUT2D eigenvalue weighted by Gasteiger charge is -2.24. The summed E-state index contributed by atoms with van der Waals surface area (Å²) in [6.45, 7) is 6.37. The van der Waals surface area contributed by atoms with Crippen molar-refractivity contribution >= 4 is 45.0 Å². The van der Waals surface area contributed by atoms with Gasteiger partial charge in [-0.2, -0.15) is 16.1 Å². The lowest BCUT2D eigenvalue weighted by atomic mass is 9.95. The number of benzene rings is 1. The van der Waals surface area contributed by atoms with Gasteiger partial charge < -0.3 is 15.6 Å². The highest BCUT2D eigenvalue weighted by molar-refractivity contribution is 7.99. The Balaban J connectivity index is 1.70. The van der Waals surface area contributed by atoms with Crippen LogP contribution in [0, 0.1) is 5.41 Å². The average Bonchev–Trinajstić information content (AvgIpc) is 3.19. The number of hydrogen-bond acceptors (Lipinski definition) is 5. The normalized spacial score (nSPS) is 15.6. The highest BCUT2D eigenvalue weighted by atomic mass is 32.2. The molecule has 3 N–H and O–H groups in total. The van der Waals surface area contributed by atoms with E-state index in [0.717, 1.165) is 11.5 Å². The van der Waals surface area contributed by atoms with E-state index in [0.29, 0.717) is 24.5 Å². The molecule has 0 aliphatic carbocycles. The zero-order valence-corrected chi connectivity index (χ0v) is 18.8. The molecule has 162 valence electrons. The van der Waals surface area contributed by atoms with E-state index in [1.165, 1.54) is 16.6 Å². The van der Waals surface area contributed by atoms with Gasteiger partial charge in [0.25, 0.3) is 5.91 Å². The molecule has 1 aliphatic rings. The zero-order chi connectivity index (χ0) is 21.9. The molecule has 0 radical (unpaired) electrons. The smallest absolute Gasteiger partial charge is 0.272 e. The Morgan fingerprint density at radius 2 is 1.70 bits per heavy atom. The first-order valence-electron chi connectivity index (χ1n) is 9.56. The maximum absolute atomic E-state index is 12.7. The lowest BCUT2D eigenvalue weighted by molar-refractivity contribution is -0.123. The van der Waals surface area contributed by atoms with E-state index in [1.807, 2.05) is 20.8 Å². The summed E-state index contributed by atoms with van der Waals surface area (Å²) in [5, 5.41) is 5.53. The van der Waals surface area contributed by atoms with Gasteiger partial charge in [0, 0.05) is 47.6 Å². The highest BCUT2D eigenvalue weighted by Crippen LogP contribution is 2.23. The van der Waals surface area contributed by atoms with Crippen LogP contribution in [-0.4, -0.2) is 54.1 Å². The molecule has 1 aliphatic heterocycles. The summed E-state index contributed by atoms with van der Waals surface area (Å²) in [7, 11) is -3.62. The van der Waals surface area contributed by atoms with Crippen molar-refractivity contribution in [3.63, 3.8) is 0 Å². The van der Waals surface area contributed by atoms with Gasteiger partial charge >= 0.3 is 0 Å². The fourth-order valence-electron chi connectivity index (χ4n) is 2.78. The molecule has 2 amide bonds. The minimum Gasteiger partial charge on any atom is -0.356 e. The number of nitrogens with zero attached hydrogens (tertiary/aromatic N) is 1. The van der Waals surface area contributed by atoms with Crippen LogP contribution in [0.15, 0.2) is 41.4 Å². The van der Waals surface area contributed by atoms with E-state index in [4.69, 9.17) is 0 Å². The number of carbonyl (C=O) groups is 2. The zero-order valence-electron chi connectivity index (χ0n) is 17.2. The molecule has 0 spiro atoms. The van der Waals surface area contributed by atoms with E-state index in [2.05, 4.69) is 15.6 Å². The summed E-state index contributed by atoms with van der Waals surface area (Å²) in [6.07, 6.45) is 1.34. The molecule has 1 aromatic carbocycles. The van der Waals surface area contributed by atoms with Gasteiger partial charge in [0.15, 0.2) is 0 Å². The third-order valence-electron chi connectivity index (χ3n) is 4.57. The van der Waals surface area contributed by atoms with Crippen molar-refractivity contribution in [1.82, 2.24) is 9.29 Å². The van der Waals surface area contributed by atoms with Gasteiger partial charge in [-0.1, -0.05) is 26.8 Å². The van der Waals surface area contributed by atoms with Crippen LogP contribution >= 0.6 is 11.8 Å². The number of H-pyrrole nitrogens is 1. The van der Waals surface area contributed by atoms with Crippen LogP contribution in [0.5, 0.6) is 0 Å². The Morgan fingerprint density at radius 1 is 1.07 bits per heavy atom. The number of rotatable bonds is 5. The highest BCUT2D eigenvalue weighted by Gasteiger charge is 2.28. The van der Waals surface area contributed by atoms with Gasteiger partial charge in [-0.25, -0.2) is 8.42 Å². The van der Waals surface area contributed by atoms with Crippen molar-refractivity contribution in [2.75, 3.05) is 35.2 Å². The molecule has 2 aromatic rings.